The molecule has 1 aliphatic heterocycles. The Morgan fingerprint density at radius 1 is 1.50 bits per heavy atom. The zero-order chi connectivity index (χ0) is 12.1. The molecule has 0 saturated carbocycles. The molecule has 2 atom stereocenters. The van der Waals surface area contributed by atoms with E-state index in [0.717, 1.165) is 19.5 Å². The summed E-state index contributed by atoms with van der Waals surface area (Å²) in [6.07, 6.45) is 0.878. The largest absolute Gasteiger partial charge is 0.459 e. The number of amides is 1. The summed E-state index contributed by atoms with van der Waals surface area (Å²) in [7, 11) is 2.06. The Labute approximate surface area is 96.1 Å². The number of esters is 1. The van der Waals surface area contributed by atoms with Gasteiger partial charge in [0.2, 0.25) is 0 Å². The lowest BCUT2D eigenvalue weighted by Crippen LogP contribution is -2.50. The molecule has 0 radical (unpaired) electrons. The highest BCUT2D eigenvalue weighted by atomic mass is 16.5. The molecule has 0 aliphatic carbocycles. The van der Waals surface area contributed by atoms with E-state index >= 15 is 0 Å². The van der Waals surface area contributed by atoms with Gasteiger partial charge in [-0.3, -0.25) is 4.79 Å². The van der Waals surface area contributed by atoms with Gasteiger partial charge < -0.3 is 15.0 Å². The molecular formula is C11H20N2O3. The first-order valence-electron chi connectivity index (χ1n) is 5.70. The highest BCUT2D eigenvalue weighted by molar-refractivity contribution is 6.32. The van der Waals surface area contributed by atoms with E-state index in [1.807, 2.05) is 0 Å². The van der Waals surface area contributed by atoms with E-state index in [1.165, 1.54) is 0 Å². The molecule has 1 rings (SSSR count). The fourth-order valence-electron chi connectivity index (χ4n) is 1.99. The van der Waals surface area contributed by atoms with Crippen LogP contribution >= 0.6 is 0 Å². The smallest absolute Gasteiger partial charge is 0.396 e. The average Bonchev–Trinajstić information content (AvgIpc) is 2.22. The van der Waals surface area contributed by atoms with Gasteiger partial charge in [-0.05, 0) is 32.9 Å². The third kappa shape index (κ3) is 3.48. The third-order valence-electron chi connectivity index (χ3n) is 2.89. The van der Waals surface area contributed by atoms with Crippen molar-refractivity contribution in [2.24, 2.45) is 5.92 Å². The highest BCUT2D eigenvalue weighted by Gasteiger charge is 2.27. The summed E-state index contributed by atoms with van der Waals surface area (Å²) >= 11 is 0. The molecule has 5 heteroatoms. The number of piperidine rings is 1. The Morgan fingerprint density at radius 3 is 2.75 bits per heavy atom. The Morgan fingerprint density at radius 2 is 2.19 bits per heavy atom. The minimum absolute atomic E-state index is 0.0770. The molecule has 0 aromatic heterocycles. The van der Waals surface area contributed by atoms with Crippen LogP contribution in [-0.2, 0) is 14.3 Å². The van der Waals surface area contributed by atoms with E-state index in [2.05, 4.69) is 28.9 Å². The van der Waals surface area contributed by atoms with Gasteiger partial charge in [0, 0.05) is 12.6 Å². The molecule has 0 aromatic rings. The zero-order valence-corrected chi connectivity index (χ0v) is 10.2. The van der Waals surface area contributed by atoms with Crippen LogP contribution < -0.4 is 5.32 Å². The van der Waals surface area contributed by atoms with Crippen LogP contribution in [0.1, 0.15) is 20.3 Å². The number of rotatable bonds is 2. The first-order valence-corrected chi connectivity index (χ1v) is 5.70. The molecule has 0 spiro atoms. The summed E-state index contributed by atoms with van der Waals surface area (Å²) in [5.74, 6) is -1.05. The minimum atomic E-state index is -0.784. The van der Waals surface area contributed by atoms with Crippen LogP contribution in [0.15, 0.2) is 0 Å². The number of ether oxygens (including phenoxy) is 1. The second-order valence-electron chi connectivity index (χ2n) is 4.33. The lowest BCUT2D eigenvalue weighted by atomic mass is 9.94. The van der Waals surface area contributed by atoms with E-state index in [-0.39, 0.29) is 12.6 Å². The normalized spacial score (nSPS) is 26.2. The van der Waals surface area contributed by atoms with Gasteiger partial charge in [0.25, 0.3) is 0 Å². The Balaban J connectivity index is 2.42. The van der Waals surface area contributed by atoms with Crippen molar-refractivity contribution in [1.29, 1.82) is 0 Å². The minimum Gasteiger partial charge on any atom is -0.459 e. The maximum Gasteiger partial charge on any atom is 0.396 e. The van der Waals surface area contributed by atoms with Gasteiger partial charge in [-0.15, -0.1) is 0 Å². The standard InChI is InChI=1S/C11H20N2O3/c1-4-16-11(15)10(14)12-9-5-6-13(3)7-8(9)2/h8-9H,4-7H2,1-3H3,(H,12,14). The van der Waals surface area contributed by atoms with Gasteiger partial charge in [-0.1, -0.05) is 6.92 Å². The van der Waals surface area contributed by atoms with Crippen molar-refractivity contribution in [3.8, 4) is 0 Å². The highest BCUT2D eigenvalue weighted by Crippen LogP contribution is 2.15. The van der Waals surface area contributed by atoms with E-state index in [9.17, 15) is 9.59 Å². The van der Waals surface area contributed by atoms with Crippen LogP contribution in [-0.4, -0.2) is 49.6 Å². The summed E-state index contributed by atoms with van der Waals surface area (Å²) in [5, 5.41) is 2.73. The fourth-order valence-corrected chi connectivity index (χ4v) is 1.99. The molecule has 1 aliphatic rings. The molecule has 16 heavy (non-hydrogen) atoms. The van der Waals surface area contributed by atoms with Crippen LogP contribution in [0.3, 0.4) is 0 Å². The topological polar surface area (TPSA) is 58.6 Å². The van der Waals surface area contributed by atoms with Gasteiger partial charge in [-0.25, -0.2) is 4.79 Å². The van der Waals surface area contributed by atoms with Crippen LogP contribution in [0.4, 0.5) is 0 Å². The zero-order valence-electron chi connectivity index (χ0n) is 10.2. The number of nitrogens with one attached hydrogen (secondary N) is 1. The van der Waals surface area contributed by atoms with Crippen molar-refractivity contribution in [3.05, 3.63) is 0 Å². The van der Waals surface area contributed by atoms with Crippen LogP contribution in [0.5, 0.6) is 0 Å². The van der Waals surface area contributed by atoms with Gasteiger partial charge in [0.15, 0.2) is 0 Å². The lowest BCUT2D eigenvalue weighted by molar-refractivity contribution is -0.155. The number of carbonyl (C=O) groups excluding carboxylic acids is 2. The number of likely N-dealkylation sites (tertiary alicyclic amines) is 1. The van der Waals surface area contributed by atoms with Crippen molar-refractivity contribution >= 4 is 11.9 Å². The SMILES string of the molecule is CCOC(=O)C(=O)NC1CCN(C)CC1C. The molecule has 1 amide bonds. The Hall–Kier alpha value is -1.10. The maximum absolute atomic E-state index is 11.4. The van der Waals surface area contributed by atoms with Crippen molar-refractivity contribution in [2.45, 2.75) is 26.3 Å². The molecule has 2 unspecified atom stereocenters. The van der Waals surface area contributed by atoms with Crippen LogP contribution in [0, 0.1) is 5.92 Å². The van der Waals surface area contributed by atoms with E-state index in [4.69, 9.17) is 0 Å². The molecule has 92 valence electrons. The van der Waals surface area contributed by atoms with Crippen molar-refractivity contribution in [1.82, 2.24) is 10.2 Å². The predicted octanol–water partition coefficient (Wildman–Crippen LogP) is 0.00590. The third-order valence-corrected chi connectivity index (χ3v) is 2.89. The van der Waals surface area contributed by atoms with Gasteiger partial charge in [0.1, 0.15) is 0 Å². The second-order valence-corrected chi connectivity index (χ2v) is 4.33. The second kappa shape index (κ2) is 5.84. The monoisotopic (exact) mass is 228 g/mol. The molecule has 1 heterocycles. The molecule has 1 fully saturated rings. The number of hydrogen-bond donors (Lipinski definition) is 1. The van der Waals surface area contributed by atoms with Gasteiger partial charge in [0.05, 0.1) is 6.61 Å². The number of hydrogen-bond acceptors (Lipinski definition) is 4. The van der Waals surface area contributed by atoms with Crippen LogP contribution in [0.25, 0.3) is 0 Å². The van der Waals surface area contributed by atoms with Crippen LogP contribution in [0.2, 0.25) is 0 Å². The van der Waals surface area contributed by atoms with Gasteiger partial charge in [-0.2, -0.15) is 0 Å². The number of nitrogens with zero attached hydrogens (tertiary/aromatic N) is 1. The van der Waals surface area contributed by atoms with Crippen molar-refractivity contribution in [3.63, 3.8) is 0 Å². The summed E-state index contributed by atoms with van der Waals surface area (Å²) in [5.41, 5.74) is 0. The van der Waals surface area contributed by atoms with Crippen molar-refractivity contribution in [2.75, 3.05) is 26.7 Å². The summed E-state index contributed by atoms with van der Waals surface area (Å²) in [4.78, 5) is 24.8. The average molecular weight is 228 g/mol. The molecule has 1 saturated heterocycles. The van der Waals surface area contributed by atoms with E-state index in [0.29, 0.717) is 5.92 Å². The Bertz CT molecular complexity index is 268. The molecule has 0 aromatic carbocycles. The lowest BCUT2D eigenvalue weighted by Gasteiger charge is -2.34. The molecule has 0 bridgehead atoms. The maximum atomic E-state index is 11.4. The van der Waals surface area contributed by atoms with E-state index < -0.39 is 11.9 Å². The molecular weight excluding hydrogens is 208 g/mol. The summed E-state index contributed by atoms with van der Waals surface area (Å²) in [6.45, 7) is 5.87. The summed E-state index contributed by atoms with van der Waals surface area (Å²) in [6, 6.07) is 0.0770. The fraction of sp³-hybridized carbons (Fsp3) is 0.818. The predicted molar refractivity (Wildman–Crippen MR) is 59.8 cm³/mol. The first kappa shape index (κ1) is 13.0. The van der Waals surface area contributed by atoms with Gasteiger partial charge >= 0.3 is 11.9 Å². The number of carbonyl (C=O) groups is 2. The quantitative estimate of drug-likeness (QED) is 0.534. The van der Waals surface area contributed by atoms with E-state index in [1.54, 1.807) is 6.92 Å². The van der Waals surface area contributed by atoms with Crippen molar-refractivity contribution < 1.29 is 14.3 Å². The first-order chi connectivity index (χ1) is 7.54. The molecule has 1 N–H and O–H groups in total. The summed E-state index contributed by atoms with van der Waals surface area (Å²) < 4.78 is 4.64. The Kier molecular flexibility index (Phi) is 4.73. The molecule has 5 nitrogen and oxygen atoms in total.